The molecule has 254 valence electrons. The van der Waals surface area contributed by atoms with Gasteiger partial charge in [0.05, 0.1) is 6.21 Å². The lowest BCUT2D eigenvalue weighted by atomic mass is 10.1. The highest BCUT2D eigenvalue weighted by Crippen LogP contribution is 2.21. The summed E-state index contributed by atoms with van der Waals surface area (Å²) in [5, 5.41) is 9.38. The van der Waals surface area contributed by atoms with Gasteiger partial charge in [0.2, 0.25) is 0 Å². The molecule has 0 bridgehead atoms. The SMILES string of the molecule is CCCCN(Cc1cccc(CNC(=O)c2cc(C(=O)NC3/C=C/C=C(/C=N/N)\C=C(/C)CC3)ncn2)c1)c1c(N)c(=O)c1=O.CNN. The molecule has 14 nitrogen and oxygen atoms in total. The van der Waals surface area contributed by atoms with Crippen molar-refractivity contribution in [3.05, 3.63) is 115 Å². The molecule has 0 saturated carbocycles. The van der Waals surface area contributed by atoms with Crippen LogP contribution in [0, 0.1) is 0 Å². The summed E-state index contributed by atoms with van der Waals surface area (Å²) in [7, 11) is 1.65. The second-order valence-corrected chi connectivity index (χ2v) is 11.2. The van der Waals surface area contributed by atoms with Crippen molar-refractivity contribution in [3.63, 3.8) is 0 Å². The Bertz CT molecular complexity index is 1750. The number of nitrogens with one attached hydrogen (secondary N) is 3. The Morgan fingerprint density at radius 1 is 1.10 bits per heavy atom. The number of unbranched alkanes of at least 4 members (excludes halogenated alkanes) is 1. The van der Waals surface area contributed by atoms with Crippen LogP contribution in [0.3, 0.4) is 0 Å². The molecule has 0 saturated heterocycles. The number of carbonyl (C=O) groups is 2. The quantitative estimate of drug-likeness (QED) is 0.0713. The second kappa shape index (κ2) is 18.6. The number of benzene rings is 1. The van der Waals surface area contributed by atoms with E-state index >= 15 is 0 Å². The van der Waals surface area contributed by atoms with Gasteiger partial charge in [-0.1, -0.05) is 67.5 Å². The van der Waals surface area contributed by atoms with Crippen molar-refractivity contribution in [1.82, 2.24) is 26.0 Å². The number of amides is 2. The van der Waals surface area contributed by atoms with Crippen LogP contribution < -0.4 is 49.2 Å². The highest BCUT2D eigenvalue weighted by atomic mass is 16.2. The average molecular weight is 657 g/mol. The second-order valence-electron chi connectivity index (χ2n) is 11.2. The number of hydrazone groups is 1. The lowest BCUT2D eigenvalue weighted by Crippen LogP contribution is -2.42. The minimum atomic E-state index is -0.640. The van der Waals surface area contributed by atoms with E-state index in [1.54, 1.807) is 13.3 Å². The van der Waals surface area contributed by atoms with E-state index in [1.165, 1.54) is 12.4 Å². The van der Waals surface area contributed by atoms with Crippen LogP contribution in [-0.4, -0.2) is 47.6 Å². The van der Waals surface area contributed by atoms with Crippen molar-refractivity contribution in [3.8, 4) is 0 Å². The first-order valence-electron chi connectivity index (χ1n) is 15.6. The van der Waals surface area contributed by atoms with Gasteiger partial charge in [-0.3, -0.25) is 30.4 Å². The molecule has 3 aromatic rings. The van der Waals surface area contributed by atoms with Crippen molar-refractivity contribution in [2.24, 2.45) is 16.8 Å². The van der Waals surface area contributed by atoms with Crippen molar-refractivity contribution in [2.45, 2.75) is 58.7 Å². The molecule has 2 aromatic carbocycles. The summed E-state index contributed by atoms with van der Waals surface area (Å²) >= 11 is 0. The molecule has 4 rings (SSSR count). The van der Waals surface area contributed by atoms with E-state index in [9.17, 15) is 19.2 Å². The van der Waals surface area contributed by atoms with Gasteiger partial charge >= 0.3 is 0 Å². The summed E-state index contributed by atoms with van der Waals surface area (Å²) in [5.74, 6) is 9.01. The number of aromatic nitrogens is 2. The van der Waals surface area contributed by atoms with E-state index in [1.807, 2.05) is 67.3 Å². The third kappa shape index (κ3) is 10.5. The Kier molecular flexibility index (Phi) is 14.3. The number of nitrogens with zero attached hydrogens (tertiary/aromatic N) is 4. The standard InChI is InChI=1S/C33H38N8O4.CH6N2/c1-3-4-13-41(29-28(34)30(42)31(29)43)19-24-9-5-7-23(15-24)17-36-32(44)26-16-27(38-20-37-26)33(45)40-25-10-6-8-22(18-39-35)14-21(2)11-12-25;1-3-2/h5-10,14-16,18,20,25H,3-4,11-13,17,19,34-35H2,1-2H3,(H,36,44)(H,40,45);3H,2H2,1H3/b10-6+,21-14+,22-8+,39-18+;. The molecule has 1 aliphatic carbocycles. The molecular weight excluding hydrogens is 612 g/mol. The number of allylic oxidation sites excluding steroid dienone is 5. The fourth-order valence-corrected chi connectivity index (χ4v) is 4.98. The number of anilines is 2. The van der Waals surface area contributed by atoms with Crippen LogP contribution in [0.25, 0.3) is 0 Å². The fraction of sp³-hybridized carbons (Fsp3) is 0.324. The van der Waals surface area contributed by atoms with E-state index in [0.29, 0.717) is 19.5 Å². The molecule has 0 spiro atoms. The van der Waals surface area contributed by atoms with Gasteiger partial charge in [0, 0.05) is 31.7 Å². The largest absolute Gasteiger partial charge is 0.394 e. The smallest absolute Gasteiger partial charge is 0.270 e. The van der Waals surface area contributed by atoms with Gasteiger partial charge in [-0.05, 0) is 49.9 Å². The lowest BCUT2D eigenvalue weighted by Gasteiger charge is -2.26. The monoisotopic (exact) mass is 656 g/mol. The summed E-state index contributed by atoms with van der Waals surface area (Å²) < 4.78 is 0. The normalized spacial score (nSPS) is 17.4. The number of hydrogen-bond donors (Lipinski definition) is 6. The summed E-state index contributed by atoms with van der Waals surface area (Å²) in [6.07, 6.45) is 13.5. The van der Waals surface area contributed by atoms with Gasteiger partial charge < -0.3 is 27.1 Å². The first-order chi connectivity index (χ1) is 23.1. The zero-order valence-corrected chi connectivity index (χ0v) is 27.5. The van der Waals surface area contributed by atoms with Crippen molar-refractivity contribution >= 4 is 29.4 Å². The molecule has 1 unspecified atom stereocenters. The molecule has 1 heterocycles. The highest BCUT2D eigenvalue weighted by molar-refractivity contribution is 5.97. The third-order valence-corrected chi connectivity index (χ3v) is 7.40. The number of carbonyl (C=O) groups excluding carboxylic acids is 2. The predicted octanol–water partition coefficient (Wildman–Crippen LogP) is 1.74. The first-order valence-corrected chi connectivity index (χ1v) is 15.6. The molecule has 1 atom stereocenters. The van der Waals surface area contributed by atoms with Crippen LogP contribution in [0.1, 0.15) is 71.6 Å². The van der Waals surface area contributed by atoms with E-state index in [2.05, 4.69) is 37.0 Å². The molecule has 0 radical (unpaired) electrons. The molecule has 1 aromatic heterocycles. The van der Waals surface area contributed by atoms with Gasteiger partial charge in [-0.25, -0.2) is 9.97 Å². The van der Waals surface area contributed by atoms with Crippen molar-refractivity contribution in [1.29, 1.82) is 0 Å². The number of rotatable bonds is 12. The minimum Gasteiger partial charge on any atom is -0.394 e. The van der Waals surface area contributed by atoms with Crippen LogP contribution in [0.2, 0.25) is 0 Å². The summed E-state index contributed by atoms with van der Waals surface area (Å²) in [5.41, 5.74) is 11.0. The Hall–Kier alpha value is -5.47. The maximum atomic E-state index is 13.0. The molecule has 9 N–H and O–H groups in total. The Balaban J connectivity index is 0.00000201. The van der Waals surface area contributed by atoms with Crippen LogP contribution in [-0.2, 0) is 13.1 Å². The number of hydrogen-bond acceptors (Lipinski definition) is 12. The molecule has 48 heavy (non-hydrogen) atoms. The van der Waals surface area contributed by atoms with Crippen molar-refractivity contribution < 1.29 is 9.59 Å². The van der Waals surface area contributed by atoms with Crippen LogP contribution in [0.5, 0.6) is 0 Å². The first kappa shape index (κ1) is 37.0. The molecule has 0 fully saturated rings. The minimum absolute atomic E-state index is 0.00535. The van der Waals surface area contributed by atoms with E-state index in [-0.39, 0.29) is 35.3 Å². The number of nitrogen functional groups attached to an aromatic ring is 1. The van der Waals surface area contributed by atoms with E-state index in [0.717, 1.165) is 41.5 Å². The van der Waals surface area contributed by atoms with Gasteiger partial charge in [0.15, 0.2) is 0 Å². The fourth-order valence-electron chi connectivity index (χ4n) is 4.98. The van der Waals surface area contributed by atoms with Crippen LogP contribution in [0.15, 0.2) is 86.8 Å². The van der Waals surface area contributed by atoms with Gasteiger partial charge in [-0.2, -0.15) is 5.10 Å². The molecular formula is C34H44N10O4. The van der Waals surface area contributed by atoms with E-state index < -0.39 is 22.7 Å². The Morgan fingerprint density at radius 2 is 1.81 bits per heavy atom. The van der Waals surface area contributed by atoms with Gasteiger partial charge in [0.1, 0.15) is 29.1 Å². The van der Waals surface area contributed by atoms with Crippen molar-refractivity contribution in [2.75, 3.05) is 24.2 Å². The molecule has 1 aliphatic rings. The van der Waals surface area contributed by atoms with E-state index in [4.69, 9.17) is 11.6 Å². The Labute approximate surface area is 279 Å². The number of hydrazine groups is 1. The molecule has 0 aliphatic heterocycles. The summed E-state index contributed by atoms with van der Waals surface area (Å²) in [6.45, 7) is 5.24. The Morgan fingerprint density at radius 3 is 2.50 bits per heavy atom. The zero-order chi connectivity index (χ0) is 35.1. The van der Waals surface area contributed by atoms with Crippen LogP contribution >= 0.6 is 0 Å². The summed E-state index contributed by atoms with van der Waals surface area (Å²) in [6, 6.07) is 8.67. The summed E-state index contributed by atoms with van der Waals surface area (Å²) in [4.78, 5) is 59.8. The third-order valence-electron chi connectivity index (χ3n) is 7.40. The highest BCUT2D eigenvalue weighted by Gasteiger charge is 2.24. The topological polar surface area (TPSA) is 224 Å². The molecule has 14 heteroatoms. The lowest BCUT2D eigenvalue weighted by molar-refractivity contribution is 0.0937. The maximum Gasteiger partial charge on any atom is 0.270 e. The molecule has 2 amide bonds. The maximum absolute atomic E-state index is 13.0. The van der Waals surface area contributed by atoms with Gasteiger partial charge in [0.25, 0.3) is 22.7 Å². The van der Waals surface area contributed by atoms with Gasteiger partial charge in [-0.15, -0.1) is 0 Å². The van der Waals surface area contributed by atoms with Crippen LogP contribution in [0.4, 0.5) is 11.4 Å². The predicted molar refractivity (Wildman–Crippen MR) is 189 cm³/mol. The zero-order valence-electron chi connectivity index (χ0n) is 27.5. The number of nitrogens with two attached hydrogens (primary N) is 3. The average Bonchev–Trinajstić information content (AvgIpc) is 3.16.